The Labute approximate surface area is 171 Å². The zero-order valence-corrected chi connectivity index (χ0v) is 16.3. The van der Waals surface area contributed by atoms with Crippen molar-refractivity contribution in [3.05, 3.63) is 126 Å². The number of hydrogen-bond acceptors (Lipinski definition) is 2. The van der Waals surface area contributed by atoms with Crippen molar-refractivity contribution < 1.29 is 4.79 Å². The highest BCUT2D eigenvalue weighted by Crippen LogP contribution is 2.43. The molecule has 3 aromatic carbocycles. The van der Waals surface area contributed by atoms with Crippen molar-refractivity contribution in [2.45, 2.75) is 24.3 Å². The van der Waals surface area contributed by atoms with Gasteiger partial charge in [-0.15, -0.1) is 0 Å². The number of hydrogen-bond donors (Lipinski definition) is 0. The summed E-state index contributed by atoms with van der Waals surface area (Å²) in [7, 11) is 0. The van der Waals surface area contributed by atoms with Gasteiger partial charge < -0.3 is 9.36 Å². The fraction of sp³-hybridized carbons (Fsp3) is 0.154. The number of carbonyl (C=O) groups excluding carboxylic acids is 1. The first-order chi connectivity index (χ1) is 14.4. The van der Waals surface area contributed by atoms with Gasteiger partial charge in [0.2, 0.25) is 0 Å². The average molecular weight is 380 g/mol. The van der Waals surface area contributed by atoms with E-state index < -0.39 is 5.54 Å². The molecule has 1 aliphatic carbocycles. The summed E-state index contributed by atoms with van der Waals surface area (Å²) in [4.78, 5) is 12.8. The SMILES string of the molecule is C=O.c1ccc(C(c2ccccc2)(c2ccccc2)n2cnc(C3CC3)c2)cc1. The van der Waals surface area contributed by atoms with Crippen molar-refractivity contribution in [3.63, 3.8) is 0 Å². The minimum atomic E-state index is -0.441. The molecule has 0 amide bonds. The van der Waals surface area contributed by atoms with Crippen molar-refractivity contribution >= 4 is 6.79 Å². The summed E-state index contributed by atoms with van der Waals surface area (Å²) < 4.78 is 2.31. The molecule has 0 saturated heterocycles. The Balaban J connectivity index is 0.000000994. The molecule has 1 fully saturated rings. The molecule has 0 bridgehead atoms. The van der Waals surface area contributed by atoms with Crippen molar-refractivity contribution in [1.82, 2.24) is 9.55 Å². The third-order valence-corrected chi connectivity index (χ3v) is 5.56. The van der Waals surface area contributed by atoms with Gasteiger partial charge in [-0.3, -0.25) is 0 Å². The van der Waals surface area contributed by atoms with Crippen molar-refractivity contribution in [2.75, 3.05) is 0 Å². The standard InChI is InChI=1S/C25H22N2.CH2O/c1-4-10-21(11-5-1)25(22-12-6-2-7-13-22,23-14-8-3-9-15-23)27-18-24(26-19-27)20-16-17-20;1-2/h1-15,18-20H,16-17H2;1H2. The first-order valence-corrected chi connectivity index (χ1v) is 9.89. The lowest BCUT2D eigenvalue weighted by atomic mass is 9.77. The van der Waals surface area contributed by atoms with Gasteiger partial charge in [-0.1, -0.05) is 91.0 Å². The number of imidazole rings is 1. The highest BCUT2D eigenvalue weighted by atomic mass is 16.1. The molecule has 144 valence electrons. The topological polar surface area (TPSA) is 34.9 Å². The number of carbonyl (C=O) groups is 1. The van der Waals surface area contributed by atoms with Crippen LogP contribution in [0.1, 0.15) is 41.1 Å². The van der Waals surface area contributed by atoms with E-state index >= 15 is 0 Å². The molecule has 5 rings (SSSR count). The van der Waals surface area contributed by atoms with Crippen LogP contribution in [0.5, 0.6) is 0 Å². The van der Waals surface area contributed by atoms with E-state index in [2.05, 4.69) is 102 Å². The largest absolute Gasteiger partial charge is 0.319 e. The van der Waals surface area contributed by atoms with Gasteiger partial charge in [-0.05, 0) is 29.5 Å². The van der Waals surface area contributed by atoms with Crippen LogP contribution < -0.4 is 0 Å². The summed E-state index contributed by atoms with van der Waals surface area (Å²) in [6, 6.07) is 32.3. The maximum atomic E-state index is 8.00. The Morgan fingerprint density at radius 3 is 1.52 bits per heavy atom. The van der Waals surface area contributed by atoms with E-state index in [9.17, 15) is 0 Å². The lowest BCUT2D eigenvalue weighted by Gasteiger charge is -2.37. The molecule has 3 nitrogen and oxygen atoms in total. The summed E-state index contributed by atoms with van der Waals surface area (Å²) >= 11 is 0. The van der Waals surface area contributed by atoms with Gasteiger partial charge in [0.15, 0.2) is 0 Å². The molecule has 0 unspecified atom stereocenters. The predicted octanol–water partition coefficient (Wildman–Crippen LogP) is 5.42. The van der Waals surface area contributed by atoms with Crippen molar-refractivity contribution in [2.24, 2.45) is 0 Å². The Bertz CT molecular complexity index is 941. The van der Waals surface area contributed by atoms with E-state index in [1.807, 2.05) is 13.1 Å². The van der Waals surface area contributed by atoms with Crippen molar-refractivity contribution in [1.29, 1.82) is 0 Å². The minimum absolute atomic E-state index is 0.441. The molecule has 0 spiro atoms. The second kappa shape index (κ2) is 8.27. The van der Waals surface area contributed by atoms with Crippen LogP contribution in [-0.2, 0) is 10.3 Å². The van der Waals surface area contributed by atoms with Crippen molar-refractivity contribution in [3.8, 4) is 0 Å². The fourth-order valence-electron chi connectivity index (χ4n) is 4.10. The normalized spacial score (nSPS) is 13.4. The highest BCUT2D eigenvalue weighted by Gasteiger charge is 2.39. The first kappa shape index (κ1) is 18.9. The maximum Gasteiger partial charge on any atom is 0.121 e. The van der Waals surface area contributed by atoms with Crippen LogP contribution in [0.3, 0.4) is 0 Å². The van der Waals surface area contributed by atoms with E-state index in [1.165, 1.54) is 35.2 Å². The third kappa shape index (κ3) is 3.40. The van der Waals surface area contributed by atoms with Gasteiger partial charge in [0.25, 0.3) is 0 Å². The lowest BCUT2D eigenvalue weighted by Crippen LogP contribution is -2.36. The predicted molar refractivity (Wildman–Crippen MR) is 116 cm³/mol. The van der Waals surface area contributed by atoms with E-state index in [1.54, 1.807) is 0 Å². The zero-order chi connectivity index (χ0) is 20.1. The Morgan fingerprint density at radius 1 is 0.724 bits per heavy atom. The molecule has 4 aromatic rings. The summed E-state index contributed by atoms with van der Waals surface area (Å²) in [5.41, 5.74) is 4.48. The van der Waals surface area contributed by atoms with E-state index in [-0.39, 0.29) is 0 Å². The highest BCUT2D eigenvalue weighted by molar-refractivity contribution is 5.50. The fourth-order valence-corrected chi connectivity index (χ4v) is 4.10. The van der Waals surface area contributed by atoms with Gasteiger partial charge in [-0.25, -0.2) is 4.98 Å². The van der Waals surface area contributed by atoms with Gasteiger partial charge in [0, 0.05) is 12.1 Å². The summed E-state index contributed by atoms with van der Waals surface area (Å²) in [5.74, 6) is 0.631. The average Bonchev–Trinajstić information content (AvgIpc) is 3.55. The van der Waals surface area contributed by atoms with Crippen LogP contribution in [0.2, 0.25) is 0 Å². The molecule has 29 heavy (non-hydrogen) atoms. The summed E-state index contributed by atoms with van der Waals surface area (Å²) in [5, 5.41) is 0. The second-order valence-corrected chi connectivity index (χ2v) is 7.29. The molecular formula is C26H24N2O. The Kier molecular flexibility index (Phi) is 5.39. The lowest BCUT2D eigenvalue weighted by molar-refractivity contribution is -0.0979. The van der Waals surface area contributed by atoms with Gasteiger partial charge in [0.1, 0.15) is 12.3 Å². The molecule has 3 heteroatoms. The third-order valence-electron chi connectivity index (χ3n) is 5.56. The Morgan fingerprint density at radius 2 is 1.14 bits per heavy atom. The van der Waals surface area contributed by atoms with Crippen LogP contribution >= 0.6 is 0 Å². The summed E-state index contributed by atoms with van der Waals surface area (Å²) in [6.07, 6.45) is 6.78. The molecule has 0 atom stereocenters. The van der Waals surface area contributed by atoms with E-state index in [0.29, 0.717) is 5.92 Å². The molecule has 0 N–H and O–H groups in total. The maximum absolute atomic E-state index is 8.00. The van der Waals surface area contributed by atoms with Crippen LogP contribution in [0.4, 0.5) is 0 Å². The Hall–Kier alpha value is -3.46. The number of nitrogens with zero attached hydrogens (tertiary/aromatic N) is 2. The number of benzene rings is 3. The minimum Gasteiger partial charge on any atom is -0.319 e. The van der Waals surface area contributed by atoms with Crippen LogP contribution in [0.15, 0.2) is 104 Å². The van der Waals surface area contributed by atoms with Gasteiger partial charge >= 0.3 is 0 Å². The smallest absolute Gasteiger partial charge is 0.121 e. The molecule has 0 radical (unpaired) electrons. The monoisotopic (exact) mass is 380 g/mol. The molecular weight excluding hydrogens is 356 g/mol. The van der Waals surface area contributed by atoms with Crippen LogP contribution in [-0.4, -0.2) is 16.3 Å². The summed E-state index contributed by atoms with van der Waals surface area (Å²) in [6.45, 7) is 2.00. The quantitative estimate of drug-likeness (QED) is 0.434. The molecule has 1 saturated carbocycles. The van der Waals surface area contributed by atoms with Gasteiger partial charge in [-0.2, -0.15) is 0 Å². The molecule has 0 aliphatic heterocycles. The first-order valence-electron chi connectivity index (χ1n) is 9.89. The number of rotatable bonds is 5. The second-order valence-electron chi connectivity index (χ2n) is 7.29. The van der Waals surface area contributed by atoms with Gasteiger partial charge in [0.05, 0.1) is 12.0 Å². The van der Waals surface area contributed by atoms with E-state index in [0.717, 1.165) is 0 Å². The number of aromatic nitrogens is 2. The van der Waals surface area contributed by atoms with E-state index in [4.69, 9.17) is 9.78 Å². The van der Waals surface area contributed by atoms with Crippen LogP contribution in [0.25, 0.3) is 0 Å². The molecule has 1 aromatic heterocycles. The van der Waals surface area contributed by atoms with Crippen LogP contribution in [0, 0.1) is 0 Å². The molecule has 1 aliphatic rings. The molecule has 1 heterocycles. The zero-order valence-electron chi connectivity index (χ0n) is 16.3.